The van der Waals surface area contributed by atoms with E-state index in [-0.39, 0.29) is 11.7 Å². The standard InChI is InChI=1S/C19H18N2O2/c1-11-9-12(2)16-15(10-11)23-19-17(18(16)22)13(3)20-21(19)14-7-5-4-6-8-14/h4-10,17,19H,1-3H3. The molecule has 0 fully saturated rings. The third-order valence-electron chi connectivity index (χ3n) is 4.48. The lowest BCUT2D eigenvalue weighted by Crippen LogP contribution is -2.45. The Morgan fingerprint density at radius 2 is 1.83 bits per heavy atom. The molecule has 23 heavy (non-hydrogen) atoms. The summed E-state index contributed by atoms with van der Waals surface area (Å²) in [4.78, 5) is 13.0. The molecule has 2 heterocycles. The molecule has 4 heteroatoms. The van der Waals surface area contributed by atoms with Gasteiger partial charge in [0.15, 0.2) is 5.78 Å². The maximum Gasteiger partial charge on any atom is 0.207 e. The monoisotopic (exact) mass is 306 g/mol. The Hall–Kier alpha value is -2.62. The lowest BCUT2D eigenvalue weighted by atomic mass is 9.87. The van der Waals surface area contributed by atoms with E-state index >= 15 is 0 Å². The van der Waals surface area contributed by atoms with Gasteiger partial charge in [0.05, 0.1) is 17.0 Å². The molecule has 0 N–H and O–H groups in total. The van der Waals surface area contributed by atoms with E-state index in [1.807, 2.05) is 68.2 Å². The third kappa shape index (κ3) is 2.05. The van der Waals surface area contributed by atoms with Gasteiger partial charge in [0.1, 0.15) is 11.7 Å². The van der Waals surface area contributed by atoms with Gasteiger partial charge < -0.3 is 4.74 Å². The SMILES string of the molecule is CC1=NN(c2ccccc2)C2Oc3cc(C)cc(C)c3C(=O)C12. The van der Waals surface area contributed by atoms with Crippen LogP contribution in [-0.2, 0) is 0 Å². The molecule has 0 saturated carbocycles. The van der Waals surface area contributed by atoms with Crippen molar-refractivity contribution in [2.24, 2.45) is 11.0 Å². The minimum atomic E-state index is -0.404. The zero-order valence-electron chi connectivity index (χ0n) is 13.4. The van der Waals surface area contributed by atoms with Crippen LogP contribution in [0.15, 0.2) is 47.6 Å². The number of rotatable bonds is 1. The van der Waals surface area contributed by atoms with Crippen LogP contribution in [0.1, 0.15) is 28.4 Å². The molecule has 2 aliphatic heterocycles. The van der Waals surface area contributed by atoms with Crippen LogP contribution in [0.25, 0.3) is 0 Å². The number of fused-ring (bicyclic) bond motifs is 2. The van der Waals surface area contributed by atoms with E-state index < -0.39 is 6.23 Å². The van der Waals surface area contributed by atoms with Crippen molar-refractivity contribution in [1.29, 1.82) is 0 Å². The summed E-state index contributed by atoms with van der Waals surface area (Å²) in [6, 6.07) is 13.8. The zero-order valence-corrected chi connectivity index (χ0v) is 13.4. The molecule has 0 saturated heterocycles. The first-order valence-electron chi connectivity index (χ1n) is 7.78. The van der Waals surface area contributed by atoms with Gasteiger partial charge in [-0.25, -0.2) is 5.01 Å². The number of hydrazone groups is 1. The second-order valence-corrected chi connectivity index (χ2v) is 6.23. The van der Waals surface area contributed by atoms with Crippen LogP contribution in [0.2, 0.25) is 0 Å². The van der Waals surface area contributed by atoms with E-state index in [1.165, 1.54) is 0 Å². The molecule has 2 atom stereocenters. The lowest BCUT2D eigenvalue weighted by molar-refractivity contribution is 0.0785. The number of benzene rings is 2. The van der Waals surface area contributed by atoms with Crippen molar-refractivity contribution in [3.8, 4) is 5.75 Å². The minimum Gasteiger partial charge on any atom is -0.467 e. The van der Waals surface area contributed by atoms with Crippen molar-refractivity contribution < 1.29 is 9.53 Å². The van der Waals surface area contributed by atoms with E-state index in [1.54, 1.807) is 0 Å². The van der Waals surface area contributed by atoms with Gasteiger partial charge >= 0.3 is 0 Å². The Labute approximate surface area is 135 Å². The number of aryl methyl sites for hydroxylation is 2. The van der Waals surface area contributed by atoms with Crippen LogP contribution in [0, 0.1) is 19.8 Å². The van der Waals surface area contributed by atoms with E-state index in [2.05, 4.69) is 5.10 Å². The molecule has 4 rings (SSSR count). The molecule has 0 aliphatic carbocycles. The summed E-state index contributed by atoms with van der Waals surface area (Å²) in [5.74, 6) is 0.428. The number of carbonyl (C=O) groups is 1. The largest absolute Gasteiger partial charge is 0.467 e. The first-order valence-corrected chi connectivity index (χ1v) is 7.78. The second kappa shape index (κ2) is 4.95. The smallest absolute Gasteiger partial charge is 0.207 e. The molecule has 0 amide bonds. The molecule has 0 radical (unpaired) electrons. The van der Waals surface area contributed by atoms with Gasteiger partial charge in [0.2, 0.25) is 6.23 Å². The number of carbonyl (C=O) groups excluding carboxylic acids is 1. The summed E-state index contributed by atoms with van der Waals surface area (Å²) in [6.07, 6.45) is -0.404. The Kier molecular flexibility index (Phi) is 3.01. The van der Waals surface area contributed by atoms with Crippen LogP contribution < -0.4 is 9.75 Å². The summed E-state index contributed by atoms with van der Waals surface area (Å²) in [6.45, 7) is 5.87. The number of para-hydroxylation sites is 1. The molecule has 0 aromatic heterocycles. The first kappa shape index (κ1) is 14.0. The zero-order chi connectivity index (χ0) is 16.1. The molecular formula is C19H18N2O2. The summed E-state index contributed by atoms with van der Waals surface area (Å²) >= 11 is 0. The first-order chi connectivity index (χ1) is 11.1. The van der Waals surface area contributed by atoms with Gasteiger partial charge in [-0.15, -0.1) is 0 Å². The molecule has 2 unspecified atom stereocenters. The van der Waals surface area contributed by atoms with Crippen LogP contribution in [0.5, 0.6) is 5.75 Å². The average Bonchev–Trinajstić information content (AvgIpc) is 2.84. The van der Waals surface area contributed by atoms with Gasteiger partial charge in [-0.05, 0) is 50.1 Å². The Morgan fingerprint density at radius 1 is 1.09 bits per heavy atom. The molecule has 0 bridgehead atoms. The van der Waals surface area contributed by atoms with Crippen molar-refractivity contribution in [1.82, 2.24) is 0 Å². The summed E-state index contributed by atoms with van der Waals surface area (Å²) < 4.78 is 6.22. The molecule has 2 aliphatic rings. The van der Waals surface area contributed by atoms with Crippen LogP contribution >= 0.6 is 0 Å². The number of hydrogen-bond acceptors (Lipinski definition) is 4. The molecule has 4 nitrogen and oxygen atoms in total. The number of anilines is 1. The highest BCUT2D eigenvalue weighted by Gasteiger charge is 2.47. The third-order valence-corrected chi connectivity index (χ3v) is 4.48. The fraction of sp³-hybridized carbons (Fsp3) is 0.263. The Morgan fingerprint density at radius 3 is 2.57 bits per heavy atom. The number of ketones is 1. The van der Waals surface area contributed by atoms with Gasteiger partial charge in [-0.2, -0.15) is 5.10 Å². The maximum atomic E-state index is 13.0. The van der Waals surface area contributed by atoms with Crippen molar-refractivity contribution in [2.45, 2.75) is 27.0 Å². The van der Waals surface area contributed by atoms with Crippen molar-refractivity contribution in [2.75, 3.05) is 5.01 Å². The van der Waals surface area contributed by atoms with Crippen LogP contribution in [-0.4, -0.2) is 17.7 Å². The predicted molar refractivity (Wildman–Crippen MR) is 90.2 cm³/mol. The van der Waals surface area contributed by atoms with Crippen molar-refractivity contribution in [3.63, 3.8) is 0 Å². The summed E-state index contributed by atoms with van der Waals surface area (Å²) in [5.41, 5.74) is 4.49. The van der Waals surface area contributed by atoms with Gasteiger partial charge in [0, 0.05) is 0 Å². The average molecular weight is 306 g/mol. The van der Waals surface area contributed by atoms with Gasteiger partial charge in [-0.3, -0.25) is 4.79 Å². The fourth-order valence-corrected chi connectivity index (χ4v) is 3.48. The Bertz CT molecular complexity index is 827. The van der Waals surface area contributed by atoms with E-state index in [9.17, 15) is 4.79 Å². The van der Waals surface area contributed by atoms with Gasteiger partial charge in [0.25, 0.3) is 0 Å². The highest BCUT2D eigenvalue weighted by atomic mass is 16.5. The maximum absolute atomic E-state index is 13.0. The number of hydrogen-bond donors (Lipinski definition) is 0. The number of ether oxygens (including phenoxy) is 1. The molecular weight excluding hydrogens is 288 g/mol. The van der Waals surface area contributed by atoms with Crippen molar-refractivity contribution >= 4 is 17.2 Å². The van der Waals surface area contributed by atoms with E-state index in [0.717, 1.165) is 22.5 Å². The van der Waals surface area contributed by atoms with Crippen LogP contribution in [0.3, 0.4) is 0 Å². The number of Topliss-reactive ketones (excluding diaryl/α,β-unsaturated/α-hetero) is 1. The minimum absolute atomic E-state index is 0.105. The summed E-state index contributed by atoms with van der Waals surface area (Å²) in [5, 5.41) is 6.41. The quantitative estimate of drug-likeness (QED) is 0.806. The molecule has 2 aromatic carbocycles. The van der Waals surface area contributed by atoms with Crippen LogP contribution in [0.4, 0.5) is 5.69 Å². The van der Waals surface area contributed by atoms with E-state index in [0.29, 0.717) is 11.3 Å². The highest BCUT2D eigenvalue weighted by Crippen LogP contribution is 2.40. The highest BCUT2D eigenvalue weighted by molar-refractivity contribution is 6.16. The molecule has 0 spiro atoms. The van der Waals surface area contributed by atoms with E-state index in [4.69, 9.17) is 4.74 Å². The summed E-state index contributed by atoms with van der Waals surface area (Å²) in [7, 11) is 0. The normalized spacial score (nSPS) is 22.3. The number of nitrogens with zero attached hydrogens (tertiary/aromatic N) is 2. The van der Waals surface area contributed by atoms with Crippen molar-refractivity contribution in [3.05, 3.63) is 59.2 Å². The Balaban J connectivity index is 1.82. The topological polar surface area (TPSA) is 41.9 Å². The van der Waals surface area contributed by atoms with Gasteiger partial charge in [-0.1, -0.05) is 24.3 Å². The molecule has 116 valence electrons. The molecule has 2 aromatic rings. The predicted octanol–water partition coefficient (Wildman–Crippen LogP) is 3.72. The fourth-order valence-electron chi connectivity index (χ4n) is 3.48. The second-order valence-electron chi connectivity index (χ2n) is 6.23. The lowest BCUT2D eigenvalue weighted by Gasteiger charge is -2.33.